The van der Waals surface area contributed by atoms with Crippen molar-refractivity contribution in [3.8, 4) is 11.1 Å². The summed E-state index contributed by atoms with van der Waals surface area (Å²) in [7, 11) is 0. The second kappa shape index (κ2) is 7.69. The topological polar surface area (TPSA) is 135 Å². The summed E-state index contributed by atoms with van der Waals surface area (Å²) in [6, 6.07) is 0.182. The third-order valence-corrected chi connectivity index (χ3v) is 5.15. The van der Waals surface area contributed by atoms with Crippen molar-refractivity contribution in [3.05, 3.63) is 24.3 Å². The van der Waals surface area contributed by atoms with E-state index in [1.54, 1.807) is 17.1 Å². The normalized spacial score (nSPS) is 19.4. The Bertz CT molecular complexity index is 988. The van der Waals surface area contributed by atoms with Crippen LogP contribution in [0.2, 0.25) is 0 Å². The Labute approximate surface area is 162 Å². The van der Waals surface area contributed by atoms with Gasteiger partial charge in [0.05, 0.1) is 31.1 Å². The van der Waals surface area contributed by atoms with Crippen LogP contribution >= 0.6 is 0 Å². The average molecular weight is 383 g/mol. The molecule has 1 aliphatic carbocycles. The second-order valence-electron chi connectivity index (χ2n) is 7.15. The molecule has 28 heavy (non-hydrogen) atoms. The van der Waals surface area contributed by atoms with Crippen LogP contribution in [-0.2, 0) is 13.0 Å². The number of nitrogen functional groups attached to an aromatic ring is 1. The summed E-state index contributed by atoms with van der Waals surface area (Å²) in [5.41, 5.74) is 9.78. The Morgan fingerprint density at radius 3 is 2.82 bits per heavy atom. The minimum atomic E-state index is -0.260. The number of aromatic nitrogens is 5. The van der Waals surface area contributed by atoms with Crippen molar-refractivity contribution in [2.75, 3.05) is 17.7 Å². The van der Waals surface area contributed by atoms with E-state index < -0.39 is 0 Å². The van der Waals surface area contributed by atoms with Crippen molar-refractivity contribution >= 4 is 22.7 Å². The largest absolute Gasteiger partial charge is 0.394 e. The fraction of sp³-hybridized carbons (Fsp3) is 0.474. The SMILES string of the molecule is CCc1nc2c(N)ncc(-c3cnn(CCO)c3)c2nc1N[C@@H]1CC[C@H](O)C1. The molecule has 3 aromatic rings. The molecule has 0 aromatic carbocycles. The molecule has 0 bridgehead atoms. The minimum Gasteiger partial charge on any atom is -0.394 e. The summed E-state index contributed by atoms with van der Waals surface area (Å²) in [4.78, 5) is 13.9. The smallest absolute Gasteiger partial charge is 0.151 e. The summed E-state index contributed by atoms with van der Waals surface area (Å²) >= 11 is 0. The lowest BCUT2D eigenvalue weighted by atomic mass is 10.1. The molecule has 148 valence electrons. The number of hydrogen-bond acceptors (Lipinski definition) is 8. The zero-order valence-electron chi connectivity index (χ0n) is 15.8. The lowest BCUT2D eigenvalue weighted by Crippen LogP contribution is -2.19. The Kier molecular flexibility index (Phi) is 5.10. The van der Waals surface area contributed by atoms with Gasteiger partial charge in [0.25, 0.3) is 0 Å². The number of rotatable bonds is 6. The van der Waals surface area contributed by atoms with Crippen LogP contribution < -0.4 is 11.1 Å². The van der Waals surface area contributed by atoms with E-state index in [2.05, 4.69) is 15.4 Å². The number of hydrogen-bond donors (Lipinski definition) is 4. The van der Waals surface area contributed by atoms with Crippen LogP contribution in [0.1, 0.15) is 31.9 Å². The van der Waals surface area contributed by atoms with Crippen LogP contribution in [0.15, 0.2) is 18.6 Å². The van der Waals surface area contributed by atoms with Gasteiger partial charge in [0.2, 0.25) is 0 Å². The Morgan fingerprint density at radius 2 is 2.11 bits per heavy atom. The molecule has 1 fully saturated rings. The van der Waals surface area contributed by atoms with Gasteiger partial charge in [-0.1, -0.05) is 6.92 Å². The van der Waals surface area contributed by atoms with Gasteiger partial charge >= 0.3 is 0 Å². The monoisotopic (exact) mass is 383 g/mol. The zero-order chi connectivity index (χ0) is 19.7. The number of pyridine rings is 1. The first-order valence-corrected chi connectivity index (χ1v) is 9.62. The number of nitrogens with zero attached hydrogens (tertiary/aromatic N) is 5. The molecule has 3 aromatic heterocycles. The van der Waals surface area contributed by atoms with E-state index in [1.807, 2.05) is 13.1 Å². The van der Waals surface area contributed by atoms with Crippen LogP contribution in [0, 0.1) is 0 Å². The quantitative estimate of drug-likeness (QED) is 0.501. The van der Waals surface area contributed by atoms with Crippen molar-refractivity contribution < 1.29 is 10.2 Å². The van der Waals surface area contributed by atoms with Gasteiger partial charge in [0.1, 0.15) is 16.9 Å². The molecule has 1 saturated carbocycles. The molecule has 2 atom stereocenters. The molecule has 3 heterocycles. The Morgan fingerprint density at radius 1 is 1.25 bits per heavy atom. The van der Waals surface area contributed by atoms with Crippen molar-refractivity contribution in [3.63, 3.8) is 0 Å². The highest BCUT2D eigenvalue weighted by Crippen LogP contribution is 2.31. The number of aryl methyl sites for hydroxylation is 1. The van der Waals surface area contributed by atoms with E-state index in [0.29, 0.717) is 36.2 Å². The number of anilines is 2. The molecular formula is C19H25N7O2. The van der Waals surface area contributed by atoms with Crippen LogP contribution in [-0.4, -0.2) is 53.7 Å². The van der Waals surface area contributed by atoms with E-state index in [4.69, 9.17) is 20.8 Å². The summed E-state index contributed by atoms with van der Waals surface area (Å²) in [6.45, 7) is 2.46. The summed E-state index contributed by atoms with van der Waals surface area (Å²) < 4.78 is 1.67. The van der Waals surface area contributed by atoms with Crippen molar-refractivity contribution in [2.24, 2.45) is 0 Å². The number of nitrogens with one attached hydrogen (secondary N) is 1. The zero-order valence-corrected chi connectivity index (χ0v) is 15.8. The molecule has 5 N–H and O–H groups in total. The first kappa shape index (κ1) is 18.6. The van der Waals surface area contributed by atoms with Crippen molar-refractivity contribution in [1.82, 2.24) is 24.7 Å². The highest BCUT2D eigenvalue weighted by molar-refractivity contribution is 5.96. The Hall–Kier alpha value is -2.78. The maximum atomic E-state index is 9.82. The highest BCUT2D eigenvalue weighted by atomic mass is 16.3. The molecule has 0 radical (unpaired) electrons. The summed E-state index contributed by atoms with van der Waals surface area (Å²) in [5, 5.41) is 26.7. The van der Waals surface area contributed by atoms with E-state index in [-0.39, 0.29) is 18.8 Å². The fourth-order valence-electron chi connectivity index (χ4n) is 3.68. The Balaban J connectivity index is 1.79. The van der Waals surface area contributed by atoms with Gasteiger partial charge in [0, 0.05) is 29.6 Å². The lowest BCUT2D eigenvalue weighted by Gasteiger charge is -2.17. The summed E-state index contributed by atoms with van der Waals surface area (Å²) in [5.74, 6) is 1.07. The predicted octanol–water partition coefficient (Wildman–Crippen LogP) is 1.35. The number of aliphatic hydroxyl groups is 2. The summed E-state index contributed by atoms with van der Waals surface area (Å²) in [6.07, 6.45) is 8.11. The van der Waals surface area contributed by atoms with Crippen LogP contribution in [0.25, 0.3) is 22.2 Å². The molecule has 9 nitrogen and oxygen atoms in total. The maximum Gasteiger partial charge on any atom is 0.151 e. The van der Waals surface area contributed by atoms with Crippen molar-refractivity contribution in [2.45, 2.75) is 51.3 Å². The van der Waals surface area contributed by atoms with Gasteiger partial charge in [-0.3, -0.25) is 4.68 Å². The third-order valence-electron chi connectivity index (χ3n) is 5.15. The fourth-order valence-corrected chi connectivity index (χ4v) is 3.68. The molecule has 4 rings (SSSR count). The van der Waals surface area contributed by atoms with Gasteiger partial charge in [-0.05, 0) is 25.7 Å². The first-order valence-electron chi connectivity index (χ1n) is 9.62. The van der Waals surface area contributed by atoms with E-state index in [9.17, 15) is 5.11 Å². The van der Waals surface area contributed by atoms with Gasteiger partial charge < -0.3 is 21.3 Å². The standard InChI is InChI=1S/C19H25N7O2/c1-2-15-19(23-12-3-4-13(28)7-12)25-16-14(9-21-18(20)17(16)24-15)11-8-22-26(10-11)5-6-27/h8-10,12-13,27-28H,2-7H2,1H3,(H2,20,21)(H,23,25)/t12-,13+/m1/s1. The van der Waals surface area contributed by atoms with E-state index in [1.165, 1.54) is 0 Å². The first-order chi connectivity index (χ1) is 13.6. The molecule has 9 heteroatoms. The molecule has 0 saturated heterocycles. The lowest BCUT2D eigenvalue weighted by molar-refractivity contribution is 0.182. The van der Waals surface area contributed by atoms with Gasteiger partial charge in [-0.15, -0.1) is 0 Å². The van der Waals surface area contributed by atoms with Crippen LogP contribution in [0.5, 0.6) is 0 Å². The molecule has 1 aliphatic rings. The van der Waals surface area contributed by atoms with E-state index in [0.717, 1.165) is 35.5 Å². The van der Waals surface area contributed by atoms with Gasteiger partial charge in [-0.2, -0.15) is 5.10 Å². The molecule has 0 aliphatic heterocycles. The van der Waals surface area contributed by atoms with Crippen LogP contribution in [0.4, 0.5) is 11.6 Å². The third kappa shape index (κ3) is 3.50. The minimum absolute atomic E-state index is 0.0167. The predicted molar refractivity (Wildman–Crippen MR) is 107 cm³/mol. The van der Waals surface area contributed by atoms with Gasteiger partial charge in [-0.25, -0.2) is 15.0 Å². The van der Waals surface area contributed by atoms with Gasteiger partial charge in [0.15, 0.2) is 5.82 Å². The average Bonchev–Trinajstić information content (AvgIpc) is 3.31. The second-order valence-corrected chi connectivity index (χ2v) is 7.15. The number of aliphatic hydroxyl groups excluding tert-OH is 2. The highest BCUT2D eigenvalue weighted by Gasteiger charge is 2.24. The molecule has 0 spiro atoms. The maximum absolute atomic E-state index is 9.82. The number of fused-ring (bicyclic) bond motifs is 1. The molecular weight excluding hydrogens is 358 g/mol. The number of nitrogens with two attached hydrogens (primary N) is 1. The van der Waals surface area contributed by atoms with Crippen LogP contribution in [0.3, 0.4) is 0 Å². The molecule has 0 unspecified atom stereocenters. The van der Waals surface area contributed by atoms with Crippen molar-refractivity contribution in [1.29, 1.82) is 0 Å². The van der Waals surface area contributed by atoms with E-state index >= 15 is 0 Å². The molecule has 0 amide bonds.